The minimum atomic E-state index is -0.147. The van der Waals surface area contributed by atoms with Crippen LogP contribution in [-0.4, -0.2) is 33.6 Å². The zero-order chi connectivity index (χ0) is 42.8. The molecule has 0 atom stereocenters. The van der Waals surface area contributed by atoms with E-state index in [0.717, 1.165) is 72.5 Å². The first-order chi connectivity index (χ1) is 30.2. The molecule has 1 aliphatic carbocycles. The summed E-state index contributed by atoms with van der Waals surface area (Å²) in [7, 11) is 0. The van der Waals surface area contributed by atoms with Gasteiger partial charge in [-0.05, 0) is 102 Å². The van der Waals surface area contributed by atoms with Crippen LogP contribution >= 0.6 is 34.9 Å². The minimum absolute atomic E-state index is 0.147. The van der Waals surface area contributed by atoms with Crippen molar-refractivity contribution in [2.45, 2.75) is 112 Å². The molecule has 7 heteroatoms. The first-order valence-corrected chi connectivity index (χ1v) is 25.3. The molecule has 62 heavy (non-hydrogen) atoms. The Balaban J connectivity index is 1.13. The lowest BCUT2D eigenvalue weighted by atomic mass is 9.78. The molecule has 0 N–H and O–H groups in total. The van der Waals surface area contributed by atoms with Gasteiger partial charge in [-0.2, -0.15) is 4.58 Å². The molecule has 0 amide bonds. The Kier molecular flexibility index (Phi) is 12.5. The van der Waals surface area contributed by atoms with Crippen molar-refractivity contribution >= 4 is 73.5 Å². The summed E-state index contributed by atoms with van der Waals surface area (Å²) >= 11 is 5.32. The van der Waals surface area contributed by atoms with Crippen LogP contribution in [-0.2, 0) is 16.6 Å². The molecule has 0 fully saturated rings. The highest BCUT2D eigenvalue weighted by Crippen LogP contribution is 2.52. The number of hydrogen-bond acceptors (Lipinski definition) is 6. The van der Waals surface area contributed by atoms with Gasteiger partial charge in [-0.15, -0.1) is 10.2 Å². The number of benzene rings is 5. The number of anilines is 1. The van der Waals surface area contributed by atoms with Crippen LogP contribution in [0.1, 0.15) is 103 Å². The standard InChI is InChI=1S/C55H59N4S3/c1-7-9-35-58-45-31-27-39-21-14-16-25-43(39)49(45)54(3,4)47(58)33-29-41-23-18-24-42(51(41)61-53-57-56-52(62-53)60-37-38-19-12-11-13-20-38)30-34-48-55(5,6)50-44-26-17-15-22-40(44)28-32-46(50)59(48)36-10-8-2/h11-17,19-22,25-34H,7-10,18,23-24,35-37H2,1-6H3/q+1. The molecule has 0 saturated heterocycles. The highest BCUT2D eigenvalue weighted by molar-refractivity contribution is 8.05. The van der Waals surface area contributed by atoms with Gasteiger partial charge in [0, 0.05) is 58.1 Å². The number of hydrogen-bond donors (Lipinski definition) is 0. The van der Waals surface area contributed by atoms with Crippen LogP contribution in [0.4, 0.5) is 11.4 Å². The molecule has 4 nitrogen and oxygen atoms in total. The van der Waals surface area contributed by atoms with Crippen molar-refractivity contribution in [3.05, 3.63) is 166 Å². The van der Waals surface area contributed by atoms with E-state index in [1.54, 1.807) is 23.1 Å². The molecule has 0 saturated carbocycles. The molecular weight excluding hydrogens is 813 g/mol. The van der Waals surface area contributed by atoms with Gasteiger partial charge in [0.05, 0.1) is 5.41 Å². The lowest BCUT2D eigenvalue weighted by Crippen LogP contribution is -2.28. The number of aromatic nitrogens is 2. The number of rotatable bonds is 14. The molecular formula is C55H59N4S3+. The van der Waals surface area contributed by atoms with E-state index in [1.165, 1.54) is 77.1 Å². The Bertz CT molecular complexity index is 2780. The van der Waals surface area contributed by atoms with Crippen LogP contribution in [0.3, 0.4) is 0 Å². The van der Waals surface area contributed by atoms with E-state index in [4.69, 9.17) is 10.2 Å². The second kappa shape index (κ2) is 18.2. The zero-order valence-corrected chi connectivity index (χ0v) is 39.7. The number of unbranched alkanes of at least 4 members (excludes halogenated alkanes) is 2. The summed E-state index contributed by atoms with van der Waals surface area (Å²) in [5.74, 6) is 0.887. The van der Waals surface area contributed by atoms with Gasteiger partial charge in [0.25, 0.3) is 0 Å². The predicted molar refractivity (Wildman–Crippen MR) is 269 cm³/mol. The topological polar surface area (TPSA) is 32.0 Å². The van der Waals surface area contributed by atoms with Crippen molar-refractivity contribution in [3.63, 3.8) is 0 Å². The van der Waals surface area contributed by atoms with E-state index < -0.39 is 0 Å². The van der Waals surface area contributed by atoms with E-state index >= 15 is 0 Å². The average Bonchev–Trinajstić information content (AvgIpc) is 3.90. The molecule has 3 heterocycles. The summed E-state index contributed by atoms with van der Waals surface area (Å²) in [5, 5.41) is 14.8. The molecule has 6 aromatic rings. The Labute approximate surface area is 381 Å². The van der Waals surface area contributed by atoms with E-state index in [0.29, 0.717) is 0 Å². The Morgan fingerprint density at radius 3 is 2.16 bits per heavy atom. The molecule has 3 aliphatic rings. The lowest BCUT2D eigenvalue weighted by molar-refractivity contribution is -0.438. The van der Waals surface area contributed by atoms with E-state index in [9.17, 15) is 0 Å². The molecule has 0 bridgehead atoms. The average molecular weight is 872 g/mol. The SMILES string of the molecule is CCCCN1/C(=C/C=C2\CCCC(/C=C/C3=[N+](CCCC)c4ccc5ccccc5c4C3(C)C)=C2Sc2nnc(SCc3ccccc3)s2)C(C)(C)c2c1ccc1ccccc21. The van der Waals surface area contributed by atoms with Crippen molar-refractivity contribution < 1.29 is 4.58 Å². The molecule has 2 aliphatic heterocycles. The number of allylic oxidation sites excluding steroid dienone is 7. The van der Waals surface area contributed by atoms with Gasteiger partial charge in [0.2, 0.25) is 5.69 Å². The molecule has 1 aromatic heterocycles. The zero-order valence-electron chi connectivity index (χ0n) is 37.2. The van der Waals surface area contributed by atoms with Crippen LogP contribution in [0.15, 0.2) is 158 Å². The summed E-state index contributed by atoms with van der Waals surface area (Å²) in [6.45, 7) is 16.3. The van der Waals surface area contributed by atoms with Gasteiger partial charge in [0.15, 0.2) is 14.4 Å². The first-order valence-electron chi connectivity index (χ1n) is 22.7. The second-order valence-corrected chi connectivity index (χ2v) is 21.5. The van der Waals surface area contributed by atoms with Crippen LogP contribution in [0.25, 0.3) is 21.5 Å². The molecule has 0 unspecified atom stereocenters. The van der Waals surface area contributed by atoms with Crippen LogP contribution < -0.4 is 4.90 Å². The largest absolute Gasteiger partial charge is 0.344 e. The number of fused-ring (bicyclic) bond motifs is 6. The third-order valence-electron chi connectivity index (χ3n) is 13.1. The normalized spacial score (nSPS) is 18.3. The summed E-state index contributed by atoms with van der Waals surface area (Å²) in [4.78, 5) is 3.95. The molecule has 0 spiro atoms. The van der Waals surface area contributed by atoms with Crippen molar-refractivity contribution in [3.8, 4) is 0 Å². The molecule has 0 radical (unpaired) electrons. The van der Waals surface area contributed by atoms with Crippen LogP contribution in [0.5, 0.6) is 0 Å². The summed E-state index contributed by atoms with van der Waals surface area (Å²) in [6.07, 6.45) is 17.7. The fraction of sp³-hybridized carbons (Fsp3) is 0.327. The third kappa shape index (κ3) is 8.17. The maximum atomic E-state index is 4.80. The van der Waals surface area contributed by atoms with Gasteiger partial charge in [0.1, 0.15) is 6.54 Å². The molecule has 5 aromatic carbocycles. The third-order valence-corrected chi connectivity index (χ3v) is 16.5. The Morgan fingerprint density at radius 1 is 0.710 bits per heavy atom. The maximum Gasteiger partial charge on any atom is 0.210 e. The Morgan fingerprint density at radius 2 is 1.40 bits per heavy atom. The maximum absolute atomic E-state index is 4.80. The van der Waals surface area contributed by atoms with Gasteiger partial charge in [-0.3, -0.25) is 0 Å². The van der Waals surface area contributed by atoms with Gasteiger partial charge in [-0.25, -0.2) is 0 Å². The van der Waals surface area contributed by atoms with E-state index in [-0.39, 0.29) is 10.8 Å². The van der Waals surface area contributed by atoms with Crippen LogP contribution in [0.2, 0.25) is 0 Å². The van der Waals surface area contributed by atoms with Crippen molar-refractivity contribution in [2.75, 3.05) is 18.0 Å². The molecule has 9 rings (SSSR count). The Hall–Kier alpha value is -4.69. The van der Waals surface area contributed by atoms with Crippen molar-refractivity contribution in [1.29, 1.82) is 0 Å². The highest BCUT2D eigenvalue weighted by Gasteiger charge is 2.45. The summed E-state index contributed by atoms with van der Waals surface area (Å²) < 4.78 is 4.64. The van der Waals surface area contributed by atoms with Crippen LogP contribution in [0, 0.1) is 0 Å². The lowest BCUT2D eigenvalue weighted by Gasteiger charge is -2.27. The van der Waals surface area contributed by atoms with Gasteiger partial charge >= 0.3 is 0 Å². The minimum Gasteiger partial charge on any atom is -0.344 e. The van der Waals surface area contributed by atoms with E-state index in [1.807, 2.05) is 11.8 Å². The van der Waals surface area contributed by atoms with Crippen molar-refractivity contribution in [1.82, 2.24) is 10.2 Å². The monoisotopic (exact) mass is 871 g/mol. The predicted octanol–water partition coefficient (Wildman–Crippen LogP) is 15.5. The first kappa shape index (κ1) is 42.6. The smallest absolute Gasteiger partial charge is 0.210 e. The second-order valence-electron chi connectivity index (χ2n) is 18.0. The highest BCUT2D eigenvalue weighted by atomic mass is 32.2. The quantitative estimate of drug-likeness (QED) is 0.0804. The van der Waals surface area contributed by atoms with Gasteiger partial charge < -0.3 is 4.90 Å². The van der Waals surface area contributed by atoms with E-state index in [2.05, 4.69) is 178 Å². The molecule has 316 valence electrons. The fourth-order valence-electron chi connectivity index (χ4n) is 10.00. The number of thioether (sulfide) groups is 2. The van der Waals surface area contributed by atoms with Gasteiger partial charge in [-0.1, -0.05) is 172 Å². The van der Waals surface area contributed by atoms with Crippen molar-refractivity contribution in [2.24, 2.45) is 0 Å². The number of nitrogens with zero attached hydrogens (tertiary/aromatic N) is 4. The fourth-order valence-corrected chi connectivity index (χ4v) is 13.2. The summed E-state index contributed by atoms with van der Waals surface area (Å²) in [6, 6.07) is 37.9. The summed E-state index contributed by atoms with van der Waals surface area (Å²) in [5.41, 5.74) is 12.2.